The van der Waals surface area contributed by atoms with E-state index in [2.05, 4.69) is 15.6 Å². The predicted molar refractivity (Wildman–Crippen MR) is 95.4 cm³/mol. The molecule has 0 unspecified atom stereocenters. The Balaban J connectivity index is 1.79. The Bertz CT molecular complexity index is 752. The summed E-state index contributed by atoms with van der Waals surface area (Å²) in [6.45, 7) is 3.80. The van der Waals surface area contributed by atoms with E-state index >= 15 is 0 Å². The highest BCUT2D eigenvalue weighted by Gasteiger charge is 2.27. The normalized spacial score (nSPS) is 13.2. The van der Waals surface area contributed by atoms with Crippen LogP contribution >= 0.6 is 0 Å². The number of nitrogens with one attached hydrogen (secondary N) is 2. The SMILES string of the molecule is CCCNC(=O)c1nc(C(=O)NCc2ccccc2)c2n1CCCC2. The molecule has 0 aliphatic carbocycles. The molecule has 0 saturated carbocycles. The number of nitrogens with zero attached hydrogens (tertiary/aromatic N) is 2. The van der Waals surface area contributed by atoms with E-state index in [1.807, 2.05) is 41.8 Å². The molecule has 0 saturated heterocycles. The van der Waals surface area contributed by atoms with Gasteiger partial charge in [0.05, 0.1) is 5.69 Å². The molecule has 3 rings (SSSR count). The molecule has 0 fully saturated rings. The lowest BCUT2D eigenvalue weighted by Crippen LogP contribution is -2.28. The molecule has 1 aliphatic rings. The number of aromatic nitrogens is 2. The molecule has 0 atom stereocenters. The Kier molecular flexibility index (Phi) is 5.48. The molecular weight excluding hydrogens is 316 g/mol. The summed E-state index contributed by atoms with van der Waals surface area (Å²) in [5.74, 6) is -0.0656. The van der Waals surface area contributed by atoms with Crippen LogP contribution in [0.1, 0.15) is 58.6 Å². The van der Waals surface area contributed by atoms with Gasteiger partial charge in [-0.05, 0) is 31.2 Å². The van der Waals surface area contributed by atoms with Crippen LogP contribution in [0.2, 0.25) is 0 Å². The summed E-state index contributed by atoms with van der Waals surface area (Å²) >= 11 is 0. The van der Waals surface area contributed by atoms with E-state index in [0.717, 1.165) is 43.5 Å². The fourth-order valence-corrected chi connectivity index (χ4v) is 3.08. The van der Waals surface area contributed by atoms with E-state index in [-0.39, 0.29) is 11.8 Å². The molecule has 0 radical (unpaired) electrons. The second-order valence-electron chi connectivity index (χ2n) is 6.26. The van der Waals surface area contributed by atoms with Gasteiger partial charge < -0.3 is 15.2 Å². The molecule has 0 bridgehead atoms. The zero-order chi connectivity index (χ0) is 17.6. The quantitative estimate of drug-likeness (QED) is 0.847. The molecule has 6 heteroatoms. The lowest BCUT2D eigenvalue weighted by atomic mass is 10.1. The average molecular weight is 340 g/mol. The predicted octanol–water partition coefficient (Wildman–Crippen LogP) is 2.29. The van der Waals surface area contributed by atoms with Crippen molar-refractivity contribution in [2.45, 2.75) is 45.7 Å². The largest absolute Gasteiger partial charge is 0.349 e. The monoisotopic (exact) mass is 340 g/mol. The molecule has 1 aromatic heterocycles. The summed E-state index contributed by atoms with van der Waals surface area (Å²) in [6.07, 6.45) is 3.66. The lowest BCUT2D eigenvalue weighted by Gasteiger charge is -2.17. The van der Waals surface area contributed by atoms with Crippen molar-refractivity contribution in [1.82, 2.24) is 20.2 Å². The third-order valence-electron chi connectivity index (χ3n) is 4.37. The summed E-state index contributed by atoms with van der Waals surface area (Å²) in [5.41, 5.74) is 2.29. The second kappa shape index (κ2) is 7.96. The number of imidazole rings is 1. The lowest BCUT2D eigenvalue weighted by molar-refractivity contribution is 0.0937. The van der Waals surface area contributed by atoms with Crippen LogP contribution in [0.25, 0.3) is 0 Å². The number of carbonyl (C=O) groups excluding carboxylic acids is 2. The van der Waals surface area contributed by atoms with E-state index in [1.165, 1.54) is 0 Å². The van der Waals surface area contributed by atoms with Gasteiger partial charge in [0.2, 0.25) is 0 Å². The molecule has 0 spiro atoms. The van der Waals surface area contributed by atoms with Gasteiger partial charge in [-0.2, -0.15) is 0 Å². The molecule has 2 heterocycles. The summed E-state index contributed by atoms with van der Waals surface area (Å²) in [5, 5.41) is 5.77. The zero-order valence-corrected chi connectivity index (χ0v) is 14.5. The zero-order valence-electron chi connectivity index (χ0n) is 14.5. The highest BCUT2D eigenvalue weighted by atomic mass is 16.2. The van der Waals surface area contributed by atoms with Crippen molar-refractivity contribution in [1.29, 1.82) is 0 Å². The summed E-state index contributed by atoms with van der Waals surface area (Å²) < 4.78 is 1.91. The topological polar surface area (TPSA) is 76.0 Å². The van der Waals surface area contributed by atoms with Crippen molar-refractivity contribution in [3.8, 4) is 0 Å². The Morgan fingerprint density at radius 2 is 1.92 bits per heavy atom. The van der Waals surface area contributed by atoms with Crippen molar-refractivity contribution in [2.75, 3.05) is 6.54 Å². The van der Waals surface area contributed by atoms with Gasteiger partial charge in [-0.3, -0.25) is 9.59 Å². The van der Waals surface area contributed by atoms with Gasteiger partial charge >= 0.3 is 0 Å². The summed E-state index contributed by atoms with van der Waals surface area (Å²) in [7, 11) is 0. The number of fused-ring (bicyclic) bond motifs is 1. The minimum atomic E-state index is -0.218. The summed E-state index contributed by atoms with van der Waals surface area (Å²) in [6, 6.07) is 9.75. The minimum absolute atomic E-state index is 0.202. The van der Waals surface area contributed by atoms with Crippen LogP contribution < -0.4 is 10.6 Å². The molecular formula is C19H24N4O2. The molecule has 1 aromatic carbocycles. The van der Waals surface area contributed by atoms with Crippen LogP contribution in [-0.2, 0) is 19.5 Å². The number of hydrogen-bond acceptors (Lipinski definition) is 3. The molecule has 1 aliphatic heterocycles. The van der Waals surface area contributed by atoms with Crippen LogP contribution in [-0.4, -0.2) is 27.9 Å². The van der Waals surface area contributed by atoms with Crippen molar-refractivity contribution >= 4 is 11.8 Å². The van der Waals surface area contributed by atoms with E-state index in [9.17, 15) is 9.59 Å². The first kappa shape index (κ1) is 17.2. The average Bonchev–Trinajstić information content (AvgIpc) is 3.05. The molecule has 6 nitrogen and oxygen atoms in total. The molecule has 132 valence electrons. The van der Waals surface area contributed by atoms with Gasteiger partial charge in [0.15, 0.2) is 5.82 Å². The minimum Gasteiger partial charge on any atom is -0.349 e. The van der Waals surface area contributed by atoms with Crippen molar-refractivity contribution in [3.63, 3.8) is 0 Å². The maximum atomic E-state index is 12.6. The molecule has 2 aromatic rings. The van der Waals surface area contributed by atoms with Gasteiger partial charge in [0, 0.05) is 19.6 Å². The Morgan fingerprint density at radius 1 is 1.12 bits per heavy atom. The second-order valence-corrected chi connectivity index (χ2v) is 6.26. The Labute approximate surface area is 147 Å². The maximum absolute atomic E-state index is 12.6. The molecule has 25 heavy (non-hydrogen) atoms. The number of amides is 2. The van der Waals surface area contributed by atoms with Crippen LogP contribution in [0.4, 0.5) is 0 Å². The van der Waals surface area contributed by atoms with E-state index in [4.69, 9.17) is 0 Å². The van der Waals surface area contributed by atoms with Gasteiger partial charge in [0.25, 0.3) is 11.8 Å². The van der Waals surface area contributed by atoms with Crippen LogP contribution in [0.5, 0.6) is 0 Å². The highest BCUT2D eigenvalue weighted by molar-refractivity contribution is 5.97. The van der Waals surface area contributed by atoms with E-state index in [1.54, 1.807) is 0 Å². The van der Waals surface area contributed by atoms with Gasteiger partial charge in [-0.25, -0.2) is 4.98 Å². The Hall–Kier alpha value is -2.63. The fraction of sp³-hybridized carbons (Fsp3) is 0.421. The number of benzene rings is 1. The first-order valence-corrected chi connectivity index (χ1v) is 8.90. The van der Waals surface area contributed by atoms with Crippen molar-refractivity contribution in [3.05, 3.63) is 53.1 Å². The highest BCUT2D eigenvalue weighted by Crippen LogP contribution is 2.21. The standard InChI is InChI=1S/C19H24N4O2/c1-2-11-20-19(25)17-22-16(15-10-6-7-12-23(15)17)18(24)21-13-14-8-4-3-5-9-14/h3-5,8-9H,2,6-7,10-13H2,1H3,(H,20,25)(H,21,24). The Morgan fingerprint density at radius 3 is 2.68 bits per heavy atom. The number of hydrogen-bond donors (Lipinski definition) is 2. The van der Waals surface area contributed by atoms with Crippen LogP contribution in [0, 0.1) is 0 Å². The van der Waals surface area contributed by atoms with Gasteiger partial charge in [-0.1, -0.05) is 37.3 Å². The van der Waals surface area contributed by atoms with Crippen molar-refractivity contribution < 1.29 is 9.59 Å². The fourth-order valence-electron chi connectivity index (χ4n) is 3.08. The third kappa shape index (κ3) is 3.90. The molecule has 2 N–H and O–H groups in total. The van der Waals surface area contributed by atoms with Gasteiger partial charge in [-0.15, -0.1) is 0 Å². The van der Waals surface area contributed by atoms with Crippen LogP contribution in [0.3, 0.4) is 0 Å². The third-order valence-corrected chi connectivity index (χ3v) is 4.37. The van der Waals surface area contributed by atoms with Crippen LogP contribution in [0.15, 0.2) is 30.3 Å². The first-order chi connectivity index (χ1) is 12.2. The van der Waals surface area contributed by atoms with E-state index in [0.29, 0.717) is 24.6 Å². The smallest absolute Gasteiger partial charge is 0.287 e. The maximum Gasteiger partial charge on any atom is 0.287 e. The number of carbonyl (C=O) groups is 2. The summed E-state index contributed by atoms with van der Waals surface area (Å²) in [4.78, 5) is 29.4. The molecule has 2 amide bonds. The van der Waals surface area contributed by atoms with E-state index < -0.39 is 0 Å². The van der Waals surface area contributed by atoms with Gasteiger partial charge in [0.1, 0.15) is 5.69 Å². The van der Waals surface area contributed by atoms with Crippen molar-refractivity contribution in [2.24, 2.45) is 0 Å². The number of rotatable bonds is 6. The first-order valence-electron chi connectivity index (χ1n) is 8.90.